The molecule has 1 saturated heterocycles. The summed E-state index contributed by atoms with van der Waals surface area (Å²) in [5.74, 6) is 0. The second-order valence-corrected chi connectivity index (χ2v) is 2.01. The van der Waals surface area contributed by atoms with E-state index in [9.17, 15) is 4.79 Å². The Balaban J connectivity index is 0.000000810. The second kappa shape index (κ2) is 4.08. The van der Waals surface area contributed by atoms with Gasteiger partial charge in [0.1, 0.15) is 0 Å². The lowest BCUT2D eigenvalue weighted by atomic mass is 10.5. The first-order chi connectivity index (χ1) is 4.34. The molecule has 2 amide bonds. The van der Waals surface area contributed by atoms with Crippen molar-refractivity contribution in [2.45, 2.75) is 0 Å². The third-order valence-corrected chi connectivity index (χ3v) is 1.34. The van der Waals surface area contributed by atoms with Crippen molar-refractivity contribution >= 4 is 6.03 Å². The highest BCUT2D eigenvalue weighted by Gasteiger charge is 2.17. The topological polar surface area (TPSA) is 93.4 Å². The maximum Gasteiger partial charge on any atom is 0.317 e. The van der Waals surface area contributed by atoms with Crippen LogP contribution in [-0.4, -0.2) is 37.1 Å². The van der Waals surface area contributed by atoms with Gasteiger partial charge in [0.25, 0.3) is 0 Å². The summed E-state index contributed by atoms with van der Waals surface area (Å²) < 4.78 is 0. The fourth-order valence-corrected chi connectivity index (χ4v) is 0.880. The predicted molar refractivity (Wildman–Crippen MR) is 39.0 cm³/mol. The number of urea groups is 1. The van der Waals surface area contributed by atoms with Crippen molar-refractivity contribution in [3.05, 3.63) is 0 Å². The third kappa shape index (κ3) is 1.85. The first kappa shape index (κ1) is 9.19. The van der Waals surface area contributed by atoms with Gasteiger partial charge in [-0.05, 0) is 0 Å². The molecule has 6 N–H and O–H groups in total. The first-order valence-corrected chi connectivity index (χ1v) is 3.07. The molecule has 0 unspecified atom stereocenters. The third-order valence-electron chi connectivity index (χ3n) is 1.34. The van der Waals surface area contributed by atoms with Crippen molar-refractivity contribution < 1.29 is 4.79 Å². The van der Waals surface area contributed by atoms with Gasteiger partial charge in [0.2, 0.25) is 0 Å². The molecule has 0 bridgehead atoms. The van der Waals surface area contributed by atoms with Gasteiger partial charge in [-0.3, -0.25) is 0 Å². The number of hydrogen-bond donors (Lipinski definition) is 3. The molecule has 0 saturated carbocycles. The number of amides is 2. The van der Waals surface area contributed by atoms with Crippen LogP contribution in [0.3, 0.4) is 0 Å². The summed E-state index contributed by atoms with van der Waals surface area (Å²) in [6.07, 6.45) is 0. The summed E-state index contributed by atoms with van der Waals surface area (Å²) in [4.78, 5) is 12.4. The molecule has 10 heavy (non-hydrogen) atoms. The van der Waals surface area contributed by atoms with Crippen molar-refractivity contribution in [2.24, 2.45) is 5.73 Å². The number of rotatable bonds is 2. The summed E-state index contributed by atoms with van der Waals surface area (Å²) >= 11 is 0. The van der Waals surface area contributed by atoms with E-state index in [4.69, 9.17) is 5.73 Å². The molecular weight excluding hydrogens is 132 g/mol. The highest BCUT2D eigenvalue weighted by atomic mass is 16.2. The molecule has 1 aliphatic rings. The number of nitrogens with one attached hydrogen (secondary N) is 1. The van der Waals surface area contributed by atoms with Crippen LogP contribution in [0.25, 0.3) is 0 Å². The molecular formula is C5H14N4O. The highest BCUT2D eigenvalue weighted by Crippen LogP contribution is 1.93. The molecule has 0 spiro atoms. The highest BCUT2D eigenvalue weighted by molar-refractivity contribution is 5.76. The smallest absolute Gasteiger partial charge is 0.317 e. The van der Waals surface area contributed by atoms with Crippen LogP contribution in [0.5, 0.6) is 0 Å². The lowest BCUT2D eigenvalue weighted by Gasteiger charge is -2.10. The Bertz CT molecular complexity index is 116. The fraction of sp³-hybridized carbons (Fsp3) is 0.800. The number of nitrogens with zero attached hydrogens (tertiary/aromatic N) is 1. The van der Waals surface area contributed by atoms with Crippen LogP contribution >= 0.6 is 0 Å². The average molecular weight is 146 g/mol. The average Bonchev–Trinajstić information content (AvgIpc) is 2.18. The lowest BCUT2D eigenvalue weighted by molar-refractivity contribution is 0.218. The molecule has 1 heterocycles. The van der Waals surface area contributed by atoms with Crippen LogP contribution in [0.1, 0.15) is 0 Å². The molecule has 1 rings (SSSR count). The van der Waals surface area contributed by atoms with E-state index in [1.807, 2.05) is 0 Å². The zero-order valence-electron chi connectivity index (χ0n) is 5.97. The van der Waals surface area contributed by atoms with Gasteiger partial charge >= 0.3 is 6.03 Å². The second-order valence-electron chi connectivity index (χ2n) is 2.01. The molecule has 0 aliphatic carbocycles. The summed E-state index contributed by atoms with van der Waals surface area (Å²) in [6, 6.07) is 0.0143. The van der Waals surface area contributed by atoms with Crippen molar-refractivity contribution in [3.63, 3.8) is 0 Å². The molecule has 0 atom stereocenters. The molecule has 1 aliphatic heterocycles. The number of hydrogen-bond acceptors (Lipinski definition) is 3. The zero-order chi connectivity index (χ0) is 6.69. The van der Waals surface area contributed by atoms with Crippen molar-refractivity contribution in [3.8, 4) is 0 Å². The van der Waals surface area contributed by atoms with E-state index in [0.29, 0.717) is 13.1 Å². The molecule has 0 aromatic rings. The Kier molecular flexibility index (Phi) is 3.75. The minimum absolute atomic E-state index is 0. The molecule has 5 nitrogen and oxygen atoms in total. The predicted octanol–water partition coefficient (Wildman–Crippen LogP) is -0.868. The Morgan fingerprint density at radius 3 is 2.80 bits per heavy atom. The molecule has 0 aromatic heterocycles. The van der Waals surface area contributed by atoms with Crippen LogP contribution in [0.2, 0.25) is 0 Å². The van der Waals surface area contributed by atoms with E-state index in [2.05, 4.69) is 5.32 Å². The monoisotopic (exact) mass is 146 g/mol. The van der Waals surface area contributed by atoms with Crippen LogP contribution < -0.4 is 17.2 Å². The van der Waals surface area contributed by atoms with Gasteiger partial charge < -0.3 is 22.1 Å². The SMILES string of the molecule is N.NCCN1CCNC1=O. The van der Waals surface area contributed by atoms with Crippen LogP contribution in [0, 0.1) is 0 Å². The molecule has 0 radical (unpaired) electrons. The quantitative estimate of drug-likeness (QED) is 0.473. The number of carbonyl (C=O) groups is 1. The Morgan fingerprint density at radius 2 is 2.40 bits per heavy atom. The van der Waals surface area contributed by atoms with Gasteiger partial charge in [-0.15, -0.1) is 0 Å². The van der Waals surface area contributed by atoms with Crippen LogP contribution in [0.4, 0.5) is 4.79 Å². The van der Waals surface area contributed by atoms with Gasteiger partial charge in [0, 0.05) is 26.2 Å². The minimum atomic E-state index is 0. The summed E-state index contributed by atoms with van der Waals surface area (Å²) in [5, 5.41) is 2.69. The molecule has 5 heteroatoms. The van der Waals surface area contributed by atoms with Gasteiger partial charge in [-0.1, -0.05) is 0 Å². The van der Waals surface area contributed by atoms with Crippen molar-refractivity contribution in [2.75, 3.05) is 26.2 Å². The van der Waals surface area contributed by atoms with Crippen LogP contribution in [0.15, 0.2) is 0 Å². The zero-order valence-corrected chi connectivity index (χ0v) is 5.97. The number of carbonyl (C=O) groups excluding carboxylic acids is 1. The first-order valence-electron chi connectivity index (χ1n) is 3.07. The Labute approximate surface area is 60.1 Å². The van der Waals surface area contributed by atoms with E-state index in [-0.39, 0.29) is 12.2 Å². The minimum Gasteiger partial charge on any atom is -0.344 e. The van der Waals surface area contributed by atoms with Crippen molar-refractivity contribution in [1.29, 1.82) is 0 Å². The van der Waals surface area contributed by atoms with E-state index < -0.39 is 0 Å². The summed E-state index contributed by atoms with van der Waals surface area (Å²) in [7, 11) is 0. The number of nitrogens with two attached hydrogens (primary N) is 1. The Morgan fingerprint density at radius 1 is 1.70 bits per heavy atom. The lowest BCUT2D eigenvalue weighted by Crippen LogP contribution is -2.32. The van der Waals surface area contributed by atoms with Gasteiger partial charge in [0.15, 0.2) is 0 Å². The maximum atomic E-state index is 10.7. The largest absolute Gasteiger partial charge is 0.344 e. The van der Waals surface area contributed by atoms with E-state index >= 15 is 0 Å². The van der Waals surface area contributed by atoms with E-state index in [1.165, 1.54) is 0 Å². The normalized spacial score (nSPS) is 16.5. The molecule has 1 fully saturated rings. The van der Waals surface area contributed by atoms with Crippen LogP contribution in [-0.2, 0) is 0 Å². The molecule has 0 aromatic carbocycles. The fourth-order valence-electron chi connectivity index (χ4n) is 0.880. The van der Waals surface area contributed by atoms with Gasteiger partial charge in [-0.25, -0.2) is 4.79 Å². The van der Waals surface area contributed by atoms with Gasteiger partial charge in [0.05, 0.1) is 0 Å². The Hall–Kier alpha value is -0.810. The maximum absolute atomic E-state index is 10.7. The summed E-state index contributed by atoms with van der Waals surface area (Å²) in [6.45, 7) is 2.79. The van der Waals surface area contributed by atoms with Gasteiger partial charge in [-0.2, -0.15) is 0 Å². The summed E-state index contributed by atoms with van der Waals surface area (Å²) in [5.41, 5.74) is 5.25. The standard InChI is InChI=1S/C5H11N3O.H3N/c6-1-3-8-4-2-7-5(8)9;/h1-4,6H2,(H,7,9);1H3. The van der Waals surface area contributed by atoms with E-state index in [1.54, 1.807) is 4.90 Å². The van der Waals surface area contributed by atoms with Crippen molar-refractivity contribution in [1.82, 2.24) is 16.4 Å². The van der Waals surface area contributed by atoms with E-state index in [0.717, 1.165) is 13.1 Å². The molecule has 60 valence electrons.